The Morgan fingerprint density at radius 3 is 2.96 bits per heavy atom. The van der Waals surface area contributed by atoms with Crippen LogP contribution in [0.25, 0.3) is 0 Å². The van der Waals surface area contributed by atoms with Gasteiger partial charge in [0.05, 0.1) is 18.3 Å². The molecule has 3 aliphatic rings. The molecular weight excluding hydrogens is 372 g/mol. The van der Waals surface area contributed by atoms with Gasteiger partial charge >= 0.3 is 0 Å². The predicted octanol–water partition coefficient (Wildman–Crippen LogP) is 2.40. The summed E-state index contributed by atoms with van der Waals surface area (Å²) in [6.45, 7) is 4.29. The van der Waals surface area contributed by atoms with Crippen LogP contribution in [0.5, 0.6) is 0 Å². The van der Waals surface area contributed by atoms with Crippen LogP contribution < -0.4 is 5.32 Å². The molecule has 1 aliphatic carbocycles. The van der Waals surface area contributed by atoms with Crippen molar-refractivity contribution in [1.29, 1.82) is 0 Å². The number of thiazole rings is 1. The molecule has 2 atom stereocenters. The summed E-state index contributed by atoms with van der Waals surface area (Å²) in [5.74, 6) is 2.25. The topological polar surface area (TPSA) is 75.9 Å². The van der Waals surface area contributed by atoms with Crippen LogP contribution in [0, 0.1) is 0 Å². The van der Waals surface area contributed by atoms with Crippen molar-refractivity contribution < 1.29 is 4.79 Å². The van der Waals surface area contributed by atoms with E-state index in [2.05, 4.69) is 25.0 Å². The Labute approximate surface area is 169 Å². The third-order valence-corrected chi connectivity index (χ3v) is 7.37. The first-order valence-corrected chi connectivity index (χ1v) is 11.4. The number of rotatable bonds is 4. The van der Waals surface area contributed by atoms with E-state index in [9.17, 15) is 4.79 Å². The quantitative estimate of drug-likeness (QED) is 0.853. The van der Waals surface area contributed by atoms with E-state index >= 15 is 0 Å². The molecule has 4 heterocycles. The van der Waals surface area contributed by atoms with Crippen molar-refractivity contribution in [2.45, 2.75) is 83.5 Å². The maximum atomic E-state index is 11.7. The van der Waals surface area contributed by atoms with Crippen LogP contribution in [0.2, 0.25) is 0 Å². The second-order valence-electron chi connectivity index (χ2n) is 8.35. The van der Waals surface area contributed by atoms with Gasteiger partial charge in [-0.2, -0.15) is 0 Å². The summed E-state index contributed by atoms with van der Waals surface area (Å²) < 4.78 is 2.35. The van der Waals surface area contributed by atoms with Crippen molar-refractivity contribution in [3.8, 4) is 0 Å². The number of carbonyl (C=O) groups is 1. The number of aryl methyl sites for hydroxylation is 3. The molecule has 0 saturated carbocycles. The Balaban J connectivity index is 1.41. The molecule has 2 aliphatic heterocycles. The molecule has 1 fully saturated rings. The standard InChI is InChI=1S/C20H28N6OS/c1-13(27)21-14-10-16(20-24-23-18-8-3-2-4-9-26(18)20)25(11-14)12-19-22-15-6-5-7-17(15)28-19/h14,16H,2-12H2,1H3,(H,21,27)/t14-,16-/m0/s1. The van der Waals surface area contributed by atoms with Gasteiger partial charge in [-0.1, -0.05) is 6.42 Å². The molecule has 1 amide bonds. The van der Waals surface area contributed by atoms with Crippen LogP contribution in [0.1, 0.15) is 72.3 Å². The summed E-state index contributed by atoms with van der Waals surface area (Å²) >= 11 is 1.87. The SMILES string of the molecule is CC(=O)N[C@H]1C[C@@H](c2nnc3n2CCCCC3)N(Cc2nc3c(s2)CCC3)C1. The van der Waals surface area contributed by atoms with E-state index in [0.29, 0.717) is 0 Å². The molecule has 150 valence electrons. The van der Waals surface area contributed by atoms with Gasteiger partial charge in [-0.3, -0.25) is 9.69 Å². The molecule has 1 N–H and O–H groups in total. The van der Waals surface area contributed by atoms with Gasteiger partial charge in [0.2, 0.25) is 5.91 Å². The van der Waals surface area contributed by atoms with Crippen molar-refractivity contribution in [1.82, 2.24) is 30.0 Å². The van der Waals surface area contributed by atoms with Gasteiger partial charge in [0.25, 0.3) is 0 Å². The number of nitrogens with one attached hydrogen (secondary N) is 1. The summed E-state index contributed by atoms with van der Waals surface area (Å²) in [4.78, 5) is 20.5. The van der Waals surface area contributed by atoms with Gasteiger partial charge in [-0.25, -0.2) is 4.98 Å². The van der Waals surface area contributed by atoms with Gasteiger partial charge in [0.15, 0.2) is 5.82 Å². The number of amides is 1. The van der Waals surface area contributed by atoms with Crippen molar-refractivity contribution in [3.05, 3.63) is 27.2 Å². The van der Waals surface area contributed by atoms with E-state index in [-0.39, 0.29) is 18.0 Å². The number of nitrogens with zero attached hydrogens (tertiary/aromatic N) is 5. The minimum atomic E-state index is 0.0406. The Hall–Kier alpha value is -1.80. The zero-order valence-electron chi connectivity index (χ0n) is 16.5. The van der Waals surface area contributed by atoms with E-state index in [1.807, 2.05) is 11.3 Å². The Kier molecular flexibility index (Phi) is 4.92. The normalized spacial score (nSPS) is 24.8. The minimum absolute atomic E-state index is 0.0406. The van der Waals surface area contributed by atoms with E-state index < -0.39 is 0 Å². The first kappa shape index (κ1) is 18.2. The fraction of sp³-hybridized carbons (Fsp3) is 0.700. The fourth-order valence-electron chi connectivity index (χ4n) is 4.98. The van der Waals surface area contributed by atoms with Gasteiger partial charge in [0, 0.05) is 37.4 Å². The molecular formula is C20H28N6OS. The lowest BCUT2D eigenvalue weighted by Crippen LogP contribution is -2.35. The van der Waals surface area contributed by atoms with Crippen molar-refractivity contribution in [2.75, 3.05) is 6.54 Å². The summed E-state index contributed by atoms with van der Waals surface area (Å²) in [6.07, 6.45) is 9.12. The second-order valence-corrected chi connectivity index (χ2v) is 9.51. The van der Waals surface area contributed by atoms with Crippen molar-refractivity contribution >= 4 is 17.2 Å². The molecule has 0 spiro atoms. The lowest BCUT2D eigenvalue weighted by atomic mass is 10.1. The first-order chi connectivity index (χ1) is 13.7. The van der Waals surface area contributed by atoms with Gasteiger partial charge < -0.3 is 9.88 Å². The number of carbonyl (C=O) groups excluding carboxylic acids is 1. The molecule has 0 aromatic carbocycles. The van der Waals surface area contributed by atoms with E-state index in [1.165, 1.54) is 47.7 Å². The zero-order valence-corrected chi connectivity index (χ0v) is 17.3. The van der Waals surface area contributed by atoms with E-state index in [0.717, 1.165) is 50.5 Å². The molecule has 1 saturated heterocycles. The molecule has 7 nitrogen and oxygen atoms in total. The molecule has 0 bridgehead atoms. The van der Waals surface area contributed by atoms with Crippen LogP contribution in [0.4, 0.5) is 0 Å². The molecule has 5 rings (SSSR count). The Morgan fingerprint density at radius 1 is 1.18 bits per heavy atom. The van der Waals surface area contributed by atoms with Gasteiger partial charge in [0.1, 0.15) is 10.8 Å². The average molecular weight is 401 g/mol. The highest BCUT2D eigenvalue weighted by Gasteiger charge is 2.38. The summed E-state index contributed by atoms with van der Waals surface area (Å²) in [7, 11) is 0. The van der Waals surface area contributed by atoms with E-state index in [1.54, 1.807) is 6.92 Å². The van der Waals surface area contributed by atoms with Crippen LogP contribution in [0.15, 0.2) is 0 Å². The summed E-state index contributed by atoms with van der Waals surface area (Å²) in [5, 5.41) is 13.5. The smallest absolute Gasteiger partial charge is 0.217 e. The number of likely N-dealkylation sites (tertiary alicyclic amines) is 1. The zero-order chi connectivity index (χ0) is 19.1. The van der Waals surface area contributed by atoms with Crippen LogP contribution in [-0.4, -0.2) is 43.1 Å². The maximum absolute atomic E-state index is 11.7. The second kappa shape index (κ2) is 7.55. The molecule has 0 unspecified atom stereocenters. The van der Waals surface area contributed by atoms with Crippen molar-refractivity contribution in [3.63, 3.8) is 0 Å². The summed E-state index contributed by atoms with van der Waals surface area (Å²) in [6, 6.07) is 0.350. The largest absolute Gasteiger partial charge is 0.352 e. The minimum Gasteiger partial charge on any atom is -0.352 e. The highest BCUT2D eigenvalue weighted by molar-refractivity contribution is 7.11. The first-order valence-electron chi connectivity index (χ1n) is 10.6. The number of hydrogen-bond acceptors (Lipinski definition) is 6. The van der Waals surface area contributed by atoms with Crippen LogP contribution >= 0.6 is 11.3 Å². The summed E-state index contributed by atoms with van der Waals surface area (Å²) in [5.41, 5.74) is 1.31. The molecule has 2 aromatic heterocycles. The fourth-order valence-corrected chi connectivity index (χ4v) is 6.16. The highest BCUT2D eigenvalue weighted by atomic mass is 32.1. The Morgan fingerprint density at radius 2 is 2.11 bits per heavy atom. The van der Waals surface area contributed by atoms with Gasteiger partial charge in [-0.15, -0.1) is 21.5 Å². The number of fused-ring (bicyclic) bond motifs is 2. The van der Waals surface area contributed by atoms with E-state index in [4.69, 9.17) is 4.98 Å². The Bertz CT molecular complexity index is 853. The third-order valence-electron chi connectivity index (χ3n) is 6.23. The number of aromatic nitrogens is 4. The van der Waals surface area contributed by atoms with Crippen LogP contribution in [-0.2, 0) is 37.1 Å². The maximum Gasteiger partial charge on any atom is 0.217 e. The number of hydrogen-bond donors (Lipinski definition) is 1. The predicted molar refractivity (Wildman–Crippen MR) is 107 cm³/mol. The molecule has 28 heavy (non-hydrogen) atoms. The monoisotopic (exact) mass is 400 g/mol. The highest BCUT2D eigenvalue weighted by Crippen LogP contribution is 2.36. The molecule has 2 aromatic rings. The molecule has 8 heteroatoms. The lowest BCUT2D eigenvalue weighted by Gasteiger charge is -2.23. The molecule has 0 radical (unpaired) electrons. The van der Waals surface area contributed by atoms with Crippen LogP contribution in [0.3, 0.4) is 0 Å². The average Bonchev–Trinajstić information content (AvgIpc) is 3.37. The lowest BCUT2D eigenvalue weighted by molar-refractivity contribution is -0.119. The van der Waals surface area contributed by atoms with Gasteiger partial charge in [-0.05, 0) is 38.5 Å². The van der Waals surface area contributed by atoms with Crippen molar-refractivity contribution in [2.24, 2.45) is 0 Å². The third kappa shape index (κ3) is 3.48.